The normalized spacial score (nSPS) is 10.1. The number of aryl methyl sites for hydroxylation is 1. The predicted molar refractivity (Wildman–Crippen MR) is 42.8 cm³/mol. The van der Waals surface area contributed by atoms with E-state index in [4.69, 9.17) is 5.73 Å². The third-order valence-electron chi connectivity index (χ3n) is 1.28. The molecule has 0 fully saturated rings. The van der Waals surface area contributed by atoms with Crippen LogP contribution in [-0.4, -0.2) is 0 Å². The van der Waals surface area contributed by atoms with E-state index in [2.05, 4.69) is 0 Å². The molecule has 0 aromatic heterocycles. The number of benzene rings is 1. The monoisotopic (exact) mass is 153 g/mol. The molecule has 52 valence electrons. The Labute approximate surface area is 61.3 Å². The highest BCUT2D eigenvalue weighted by molar-refractivity contribution is 7.34. The molecule has 10 heavy (non-hydrogen) atoms. The molecule has 1 aromatic rings. The van der Waals surface area contributed by atoms with Crippen molar-refractivity contribution in [3.05, 3.63) is 23.8 Å². The van der Waals surface area contributed by atoms with Gasteiger partial charge in [0, 0.05) is 5.69 Å². The number of rotatable bonds is 1. The summed E-state index contributed by atoms with van der Waals surface area (Å²) in [5.41, 5.74) is 7.15. The fourth-order valence-electron chi connectivity index (χ4n) is 0.733. The summed E-state index contributed by atoms with van der Waals surface area (Å²) >= 11 is 0. The van der Waals surface area contributed by atoms with Gasteiger partial charge in [0.15, 0.2) is 8.46 Å². The van der Waals surface area contributed by atoms with Gasteiger partial charge in [-0.1, -0.05) is 6.07 Å². The van der Waals surface area contributed by atoms with Crippen LogP contribution in [-0.2, 0) is 4.57 Å². The van der Waals surface area contributed by atoms with Crippen molar-refractivity contribution in [2.45, 2.75) is 6.92 Å². The molecule has 0 saturated carbocycles. The van der Waals surface area contributed by atoms with Crippen LogP contribution in [0.25, 0.3) is 0 Å². The van der Waals surface area contributed by atoms with Crippen molar-refractivity contribution in [3.8, 4) is 0 Å². The van der Waals surface area contributed by atoms with Crippen molar-refractivity contribution < 1.29 is 4.57 Å². The molecule has 0 amide bonds. The van der Waals surface area contributed by atoms with Gasteiger partial charge >= 0.3 is 0 Å². The standard InChI is InChI=1S/C7H8NOP/c1-5-2-3-6(8)7(4-5)10-9/h2-4H,8H2,1H3. The van der Waals surface area contributed by atoms with Crippen LogP contribution in [0, 0.1) is 6.92 Å². The van der Waals surface area contributed by atoms with Crippen molar-refractivity contribution >= 4 is 19.5 Å². The van der Waals surface area contributed by atoms with Crippen LogP contribution in [0.15, 0.2) is 18.2 Å². The zero-order valence-corrected chi connectivity index (χ0v) is 6.56. The van der Waals surface area contributed by atoms with E-state index in [1.165, 1.54) is 0 Å². The first-order valence-electron chi connectivity index (χ1n) is 2.93. The Kier molecular flexibility index (Phi) is 2.03. The highest BCUT2D eigenvalue weighted by Crippen LogP contribution is 2.07. The minimum absolute atomic E-state index is 0.00758. The lowest BCUT2D eigenvalue weighted by molar-refractivity contribution is 0.603. The minimum atomic E-state index is -0.00758. The number of nitrogen functional groups attached to an aromatic ring is 1. The van der Waals surface area contributed by atoms with Crippen molar-refractivity contribution in [1.82, 2.24) is 0 Å². The maximum Gasteiger partial charge on any atom is 0.194 e. The zero-order chi connectivity index (χ0) is 7.56. The van der Waals surface area contributed by atoms with Crippen LogP contribution in [0.3, 0.4) is 0 Å². The molecular formula is C7H8NOP. The highest BCUT2D eigenvalue weighted by atomic mass is 31.1. The average Bonchev–Trinajstić information content (AvgIpc) is 1.94. The molecule has 0 unspecified atom stereocenters. The topological polar surface area (TPSA) is 43.1 Å². The van der Waals surface area contributed by atoms with Crippen molar-refractivity contribution in [3.63, 3.8) is 0 Å². The fourth-order valence-corrected chi connectivity index (χ4v) is 1.17. The Bertz CT molecular complexity index is 260. The molecule has 0 spiro atoms. The molecule has 0 bridgehead atoms. The molecule has 0 radical (unpaired) electrons. The van der Waals surface area contributed by atoms with Gasteiger partial charge in [0.2, 0.25) is 0 Å². The van der Waals surface area contributed by atoms with E-state index in [1.54, 1.807) is 6.07 Å². The molecule has 0 aliphatic heterocycles. The molecule has 0 aliphatic carbocycles. The van der Waals surface area contributed by atoms with E-state index in [-0.39, 0.29) is 8.46 Å². The maximum absolute atomic E-state index is 10.4. The fraction of sp³-hybridized carbons (Fsp3) is 0.143. The van der Waals surface area contributed by atoms with E-state index in [0.29, 0.717) is 11.0 Å². The summed E-state index contributed by atoms with van der Waals surface area (Å²) in [4.78, 5) is 0. The second-order valence-corrected chi connectivity index (χ2v) is 2.82. The van der Waals surface area contributed by atoms with Crippen LogP contribution in [0.1, 0.15) is 5.56 Å². The minimum Gasteiger partial charge on any atom is -0.398 e. The van der Waals surface area contributed by atoms with Gasteiger partial charge in [0.05, 0.1) is 5.30 Å². The lowest BCUT2D eigenvalue weighted by atomic mass is 10.2. The van der Waals surface area contributed by atoms with Crippen molar-refractivity contribution in [2.24, 2.45) is 0 Å². The Balaban J connectivity index is 3.21. The van der Waals surface area contributed by atoms with Crippen LogP contribution in [0.4, 0.5) is 5.69 Å². The second-order valence-electron chi connectivity index (χ2n) is 2.15. The van der Waals surface area contributed by atoms with Gasteiger partial charge in [-0.05, 0) is 24.6 Å². The van der Waals surface area contributed by atoms with Gasteiger partial charge in [-0.15, -0.1) is 0 Å². The summed E-state index contributed by atoms with van der Waals surface area (Å²) < 4.78 is 10.4. The lowest BCUT2D eigenvalue weighted by Crippen LogP contribution is -2.01. The van der Waals surface area contributed by atoms with E-state index in [0.717, 1.165) is 5.56 Å². The van der Waals surface area contributed by atoms with Gasteiger partial charge in [0.1, 0.15) is 0 Å². The third kappa shape index (κ3) is 1.34. The Morgan fingerprint density at radius 1 is 1.50 bits per heavy atom. The van der Waals surface area contributed by atoms with Gasteiger partial charge in [0.25, 0.3) is 0 Å². The predicted octanol–water partition coefficient (Wildman–Crippen LogP) is 1.49. The highest BCUT2D eigenvalue weighted by Gasteiger charge is 1.96. The van der Waals surface area contributed by atoms with Gasteiger partial charge in [-0.3, -0.25) is 4.57 Å². The van der Waals surface area contributed by atoms with Gasteiger partial charge in [-0.2, -0.15) is 0 Å². The van der Waals surface area contributed by atoms with Crippen LogP contribution >= 0.6 is 8.46 Å². The summed E-state index contributed by atoms with van der Waals surface area (Å²) in [6.45, 7) is 1.94. The molecule has 3 heteroatoms. The van der Waals surface area contributed by atoms with Crippen molar-refractivity contribution in [1.29, 1.82) is 0 Å². The lowest BCUT2D eigenvalue weighted by Gasteiger charge is -1.96. The largest absolute Gasteiger partial charge is 0.398 e. The van der Waals surface area contributed by atoms with Crippen molar-refractivity contribution in [2.75, 3.05) is 5.73 Å². The van der Waals surface area contributed by atoms with E-state index < -0.39 is 0 Å². The van der Waals surface area contributed by atoms with Gasteiger partial charge < -0.3 is 5.73 Å². The van der Waals surface area contributed by atoms with Crippen LogP contribution in [0.5, 0.6) is 0 Å². The number of anilines is 1. The molecule has 1 aromatic carbocycles. The first-order valence-corrected chi connectivity index (χ1v) is 3.75. The molecule has 2 nitrogen and oxygen atoms in total. The number of hydrogen-bond acceptors (Lipinski definition) is 2. The van der Waals surface area contributed by atoms with Gasteiger partial charge in [-0.25, -0.2) is 0 Å². The Morgan fingerprint density at radius 3 is 2.70 bits per heavy atom. The molecule has 1 rings (SSSR count). The summed E-state index contributed by atoms with van der Waals surface area (Å²) in [6, 6.07) is 5.46. The zero-order valence-electron chi connectivity index (χ0n) is 5.66. The van der Waals surface area contributed by atoms with Crippen LogP contribution in [0.2, 0.25) is 0 Å². The first-order chi connectivity index (χ1) is 4.74. The number of hydrogen-bond donors (Lipinski definition) is 1. The summed E-state index contributed by atoms with van der Waals surface area (Å²) in [7, 11) is -0.00758. The Hall–Kier alpha value is -0.880. The first kappa shape index (κ1) is 7.23. The molecule has 2 N–H and O–H groups in total. The molecule has 0 heterocycles. The average molecular weight is 153 g/mol. The summed E-state index contributed by atoms with van der Waals surface area (Å²) in [5.74, 6) is 0. The molecule has 0 atom stereocenters. The molecule has 0 saturated heterocycles. The smallest absolute Gasteiger partial charge is 0.194 e. The maximum atomic E-state index is 10.4. The third-order valence-corrected chi connectivity index (χ3v) is 1.87. The quantitative estimate of drug-likeness (QED) is 0.490. The summed E-state index contributed by atoms with van der Waals surface area (Å²) in [6.07, 6.45) is 0. The molecular weight excluding hydrogens is 145 g/mol. The van der Waals surface area contributed by atoms with E-state index in [1.807, 2.05) is 19.1 Å². The second kappa shape index (κ2) is 2.80. The van der Waals surface area contributed by atoms with E-state index in [9.17, 15) is 4.57 Å². The SMILES string of the molecule is Cc1ccc(N)c(P=O)c1. The summed E-state index contributed by atoms with van der Waals surface area (Å²) in [5, 5.41) is 0.667. The van der Waals surface area contributed by atoms with Crippen LogP contribution < -0.4 is 11.0 Å². The molecule has 0 aliphatic rings. The Morgan fingerprint density at radius 2 is 2.20 bits per heavy atom. The van der Waals surface area contributed by atoms with E-state index >= 15 is 0 Å². The number of nitrogens with two attached hydrogens (primary N) is 1.